The van der Waals surface area contributed by atoms with Crippen LogP contribution < -0.4 is 10.2 Å². The fourth-order valence-corrected chi connectivity index (χ4v) is 3.29. The van der Waals surface area contributed by atoms with Crippen molar-refractivity contribution >= 4 is 22.6 Å². The molecule has 0 bridgehead atoms. The van der Waals surface area contributed by atoms with Crippen molar-refractivity contribution in [2.45, 2.75) is 31.7 Å². The van der Waals surface area contributed by atoms with Gasteiger partial charge in [0.2, 0.25) is 5.91 Å². The lowest BCUT2D eigenvalue weighted by atomic mass is 10.2. The standard InChI is InChI=1S/C22H26N4O3/c1-28-14-12-26(11-10-20(27)23-15-17-5-4-13-29-17)22-18-6-2-3-7-19(18)24-21(25-22)16-8-9-16/h2-7,13,16H,8-12,14-15H2,1H3,(H,23,27). The first kappa shape index (κ1) is 19.4. The molecule has 3 aromatic rings. The molecule has 152 valence electrons. The molecule has 1 fully saturated rings. The van der Waals surface area contributed by atoms with Crippen LogP contribution in [0.5, 0.6) is 0 Å². The molecule has 0 aliphatic heterocycles. The lowest BCUT2D eigenvalue weighted by Gasteiger charge is -2.25. The second-order valence-corrected chi connectivity index (χ2v) is 7.28. The van der Waals surface area contributed by atoms with Gasteiger partial charge in [-0.05, 0) is 37.1 Å². The van der Waals surface area contributed by atoms with E-state index >= 15 is 0 Å². The van der Waals surface area contributed by atoms with E-state index in [1.807, 2.05) is 36.4 Å². The Morgan fingerprint density at radius 3 is 2.83 bits per heavy atom. The van der Waals surface area contributed by atoms with Crippen LogP contribution in [0.3, 0.4) is 0 Å². The summed E-state index contributed by atoms with van der Waals surface area (Å²) in [4.78, 5) is 24.1. The molecule has 0 radical (unpaired) electrons. The summed E-state index contributed by atoms with van der Waals surface area (Å²) < 4.78 is 10.6. The summed E-state index contributed by atoms with van der Waals surface area (Å²) in [5.74, 6) is 2.96. The van der Waals surface area contributed by atoms with Crippen LogP contribution in [0.25, 0.3) is 10.9 Å². The van der Waals surface area contributed by atoms with Gasteiger partial charge in [0, 0.05) is 37.9 Å². The molecule has 1 aromatic carbocycles. The van der Waals surface area contributed by atoms with Crippen molar-refractivity contribution in [1.29, 1.82) is 0 Å². The third-order valence-corrected chi connectivity index (χ3v) is 5.06. The van der Waals surface area contributed by atoms with E-state index in [4.69, 9.17) is 19.1 Å². The van der Waals surface area contributed by atoms with Gasteiger partial charge in [0.25, 0.3) is 0 Å². The normalized spacial score (nSPS) is 13.6. The van der Waals surface area contributed by atoms with Crippen molar-refractivity contribution in [3.05, 3.63) is 54.2 Å². The van der Waals surface area contributed by atoms with Crippen LogP contribution in [0.1, 0.15) is 36.8 Å². The van der Waals surface area contributed by atoms with Gasteiger partial charge >= 0.3 is 0 Å². The van der Waals surface area contributed by atoms with Crippen molar-refractivity contribution < 1.29 is 13.9 Å². The first-order valence-corrected chi connectivity index (χ1v) is 10.0. The van der Waals surface area contributed by atoms with E-state index in [9.17, 15) is 4.79 Å². The molecule has 0 spiro atoms. The van der Waals surface area contributed by atoms with Gasteiger partial charge in [-0.2, -0.15) is 0 Å². The molecular weight excluding hydrogens is 368 g/mol. The molecule has 2 aromatic heterocycles. The number of ether oxygens (including phenoxy) is 1. The minimum absolute atomic E-state index is 0.0235. The molecule has 2 heterocycles. The largest absolute Gasteiger partial charge is 0.467 e. The Hall–Kier alpha value is -2.93. The maximum Gasteiger partial charge on any atom is 0.222 e. The topological polar surface area (TPSA) is 80.5 Å². The maximum absolute atomic E-state index is 12.4. The molecule has 0 saturated heterocycles. The van der Waals surface area contributed by atoms with Gasteiger partial charge in [-0.25, -0.2) is 9.97 Å². The quantitative estimate of drug-likeness (QED) is 0.569. The Morgan fingerprint density at radius 2 is 2.07 bits per heavy atom. The van der Waals surface area contributed by atoms with Gasteiger partial charge in [-0.15, -0.1) is 0 Å². The van der Waals surface area contributed by atoms with Crippen LogP contribution in [-0.4, -0.2) is 42.7 Å². The zero-order valence-electron chi connectivity index (χ0n) is 16.6. The molecule has 1 N–H and O–H groups in total. The molecule has 1 aliphatic rings. The number of amides is 1. The summed E-state index contributed by atoms with van der Waals surface area (Å²) in [5, 5.41) is 3.91. The molecule has 7 nitrogen and oxygen atoms in total. The fraction of sp³-hybridized carbons (Fsp3) is 0.409. The summed E-state index contributed by atoms with van der Waals surface area (Å²) in [6.07, 6.45) is 4.25. The summed E-state index contributed by atoms with van der Waals surface area (Å²) in [6.45, 7) is 2.17. The zero-order valence-corrected chi connectivity index (χ0v) is 16.6. The summed E-state index contributed by atoms with van der Waals surface area (Å²) >= 11 is 0. The molecule has 29 heavy (non-hydrogen) atoms. The first-order chi connectivity index (χ1) is 14.2. The van der Waals surface area contributed by atoms with Crippen LogP contribution in [0.4, 0.5) is 5.82 Å². The van der Waals surface area contributed by atoms with Gasteiger partial charge in [0.05, 0.1) is 24.9 Å². The van der Waals surface area contributed by atoms with E-state index in [1.165, 1.54) is 0 Å². The molecule has 4 rings (SSSR count). The number of rotatable bonds is 10. The van der Waals surface area contributed by atoms with Crippen molar-refractivity contribution in [3.8, 4) is 0 Å². The molecule has 1 aliphatic carbocycles. The number of hydrogen-bond acceptors (Lipinski definition) is 6. The van der Waals surface area contributed by atoms with Gasteiger partial charge in [-0.3, -0.25) is 4.79 Å². The van der Waals surface area contributed by atoms with E-state index < -0.39 is 0 Å². The Kier molecular flexibility index (Phi) is 6.05. The highest BCUT2D eigenvalue weighted by Crippen LogP contribution is 2.39. The fourth-order valence-electron chi connectivity index (χ4n) is 3.29. The Morgan fingerprint density at radius 1 is 1.21 bits per heavy atom. The Bertz CT molecular complexity index is 954. The molecule has 1 saturated carbocycles. The second-order valence-electron chi connectivity index (χ2n) is 7.28. The average Bonchev–Trinajstić information content (AvgIpc) is 3.47. The Labute approximate surface area is 170 Å². The third-order valence-electron chi connectivity index (χ3n) is 5.06. The second kappa shape index (κ2) is 9.05. The number of benzene rings is 1. The number of para-hydroxylation sites is 1. The van der Waals surface area contributed by atoms with Crippen LogP contribution in [0.2, 0.25) is 0 Å². The predicted octanol–water partition coefficient (Wildman–Crippen LogP) is 3.26. The SMILES string of the molecule is COCCN(CCC(=O)NCc1ccco1)c1nc(C2CC2)nc2ccccc12. The monoisotopic (exact) mass is 394 g/mol. The van der Waals surface area contributed by atoms with Gasteiger partial charge in [-0.1, -0.05) is 12.1 Å². The number of anilines is 1. The highest BCUT2D eigenvalue weighted by molar-refractivity contribution is 5.89. The number of nitrogens with one attached hydrogen (secondary N) is 1. The van der Waals surface area contributed by atoms with Crippen molar-refractivity contribution in [2.75, 3.05) is 31.7 Å². The molecule has 7 heteroatoms. The summed E-state index contributed by atoms with van der Waals surface area (Å²) in [6, 6.07) is 11.7. The van der Waals surface area contributed by atoms with Crippen molar-refractivity contribution in [3.63, 3.8) is 0 Å². The zero-order chi connectivity index (χ0) is 20.1. The van der Waals surface area contributed by atoms with E-state index in [2.05, 4.69) is 10.2 Å². The predicted molar refractivity (Wildman–Crippen MR) is 111 cm³/mol. The van der Waals surface area contributed by atoms with Gasteiger partial charge in [0.15, 0.2) is 0 Å². The minimum Gasteiger partial charge on any atom is -0.467 e. The lowest BCUT2D eigenvalue weighted by Crippen LogP contribution is -2.33. The number of aromatic nitrogens is 2. The van der Waals surface area contributed by atoms with E-state index in [1.54, 1.807) is 13.4 Å². The van der Waals surface area contributed by atoms with Gasteiger partial charge in [0.1, 0.15) is 17.4 Å². The summed E-state index contributed by atoms with van der Waals surface area (Å²) in [5.41, 5.74) is 0.948. The highest BCUT2D eigenvalue weighted by Gasteiger charge is 2.28. The number of furan rings is 1. The average molecular weight is 394 g/mol. The van der Waals surface area contributed by atoms with Crippen molar-refractivity contribution in [1.82, 2.24) is 15.3 Å². The third kappa shape index (κ3) is 4.92. The highest BCUT2D eigenvalue weighted by atomic mass is 16.5. The number of nitrogens with zero attached hydrogens (tertiary/aromatic N) is 3. The van der Waals surface area contributed by atoms with E-state index in [-0.39, 0.29) is 5.91 Å². The molecule has 0 atom stereocenters. The van der Waals surface area contributed by atoms with Crippen LogP contribution >= 0.6 is 0 Å². The van der Waals surface area contributed by atoms with Crippen LogP contribution in [-0.2, 0) is 16.1 Å². The summed E-state index contributed by atoms with van der Waals surface area (Å²) in [7, 11) is 1.68. The minimum atomic E-state index is -0.0235. The van der Waals surface area contributed by atoms with Crippen molar-refractivity contribution in [2.24, 2.45) is 0 Å². The molecule has 0 unspecified atom stereocenters. The number of fused-ring (bicyclic) bond motifs is 1. The smallest absolute Gasteiger partial charge is 0.222 e. The number of hydrogen-bond donors (Lipinski definition) is 1. The number of carbonyl (C=O) groups excluding carboxylic acids is 1. The van der Waals surface area contributed by atoms with E-state index in [0.29, 0.717) is 38.6 Å². The first-order valence-electron chi connectivity index (χ1n) is 10.0. The molecule has 1 amide bonds. The van der Waals surface area contributed by atoms with E-state index in [0.717, 1.165) is 41.1 Å². The number of methoxy groups -OCH3 is 1. The Balaban J connectivity index is 1.50. The lowest BCUT2D eigenvalue weighted by molar-refractivity contribution is -0.121. The van der Waals surface area contributed by atoms with Gasteiger partial charge < -0.3 is 19.4 Å². The van der Waals surface area contributed by atoms with Crippen LogP contribution in [0, 0.1) is 0 Å². The van der Waals surface area contributed by atoms with Crippen LogP contribution in [0.15, 0.2) is 47.1 Å². The maximum atomic E-state index is 12.4. The molecular formula is C22H26N4O3. The number of carbonyl (C=O) groups is 1.